The molecule has 3 aromatic rings. The summed E-state index contributed by atoms with van der Waals surface area (Å²) in [6, 6.07) is 5.29. The van der Waals surface area contributed by atoms with Gasteiger partial charge in [-0.15, -0.1) is 16.4 Å². The van der Waals surface area contributed by atoms with Crippen molar-refractivity contribution in [1.82, 2.24) is 20.2 Å². The van der Waals surface area contributed by atoms with E-state index in [2.05, 4.69) is 20.8 Å². The number of methoxy groups -OCH3 is 2. The Bertz CT molecular complexity index is 968. The SMILES string of the molecule is COc1ccc(NC(=O)c2c(-n3cnnn3)sc3c2CCCC3)c(OC)c1. The zero-order chi connectivity index (χ0) is 18.8. The van der Waals surface area contributed by atoms with Crippen LogP contribution >= 0.6 is 11.3 Å². The molecule has 140 valence electrons. The fourth-order valence-electron chi connectivity index (χ4n) is 3.29. The van der Waals surface area contributed by atoms with Gasteiger partial charge < -0.3 is 14.8 Å². The van der Waals surface area contributed by atoms with Crippen LogP contribution in [-0.4, -0.2) is 40.3 Å². The van der Waals surface area contributed by atoms with Crippen LogP contribution in [0.4, 0.5) is 5.69 Å². The third kappa shape index (κ3) is 3.25. The number of benzene rings is 1. The predicted octanol–water partition coefficient (Wildman–Crippen LogP) is 2.87. The zero-order valence-corrected chi connectivity index (χ0v) is 15.9. The molecule has 0 bridgehead atoms. The minimum atomic E-state index is -0.191. The van der Waals surface area contributed by atoms with E-state index in [1.807, 2.05) is 0 Å². The van der Waals surface area contributed by atoms with Crippen LogP contribution in [0.5, 0.6) is 11.5 Å². The number of aromatic nitrogens is 4. The maximum atomic E-state index is 13.2. The zero-order valence-electron chi connectivity index (χ0n) is 15.1. The lowest BCUT2D eigenvalue weighted by molar-refractivity contribution is 0.102. The van der Waals surface area contributed by atoms with E-state index in [0.717, 1.165) is 36.2 Å². The number of aryl methyl sites for hydroxylation is 1. The van der Waals surface area contributed by atoms with Crippen molar-refractivity contribution in [3.63, 3.8) is 0 Å². The summed E-state index contributed by atoms with van der Waals surface area (Å²) in [6.07, 6.45) is 5.59. The number of carbonyl (C=O) groups excluding carboxylic acids is 1. The molecule has 2 aromatic heterocycles. The lowest BCUT2D eigenvalue weighted by Crippen LogP contribution is -2.17. The molecule has 0 atom stereocenters. The van der Waals surface area contributed by atoms with Gasteiger partial charge in [-0.25, -0.2) is 0 Å². The first-order chi connectivity index (χ1) is 13.2. The number of amides is 1. The van der Waals surface area contributed by atoms with Crippen molar-refractivity contribution in [3.8, 4) is 16.5 Å². The third-order valence-electron chi connectivity index (χ3n) is 4.59. The Kier molecular flexibility index (Phi) is 4.76. The van der Waals surface area contributed by atoms with Gasteiger partial charge >= 0.3 is 0 Å². The van der Waals surface area contributed by atoms with Gasteiger partial charge in [0.05, 0.1) is 25.5 Å². The minimum Gasteiger partial charge on any atom is -0.497 e. The molecule has 9 heteroatoms. The highest BCUT2D eigenvalue weighted by molar-refractivity contribution is 7.15. The summed E-state index contributed by atoms with van der Waals surface area (Å²) in [6.45, 7) is 0. The summed E-state index contributed by atoms with van der Waals surface area (Å²) in [5.74, 6) is 1.01. The molecule has 8 nitrogen and oxygen atoms in total. The maximum Gasteiger partial charge on any atom is 0.259 e. The first-order valence-corrected chi connectivity index (χ1v) is 9.44. The number of nitrogens with zero attached hydrogens (tertiary/aromatic N) is 4. The first-order valence-electron chi connectivity index (χ1n) is 8.62. The molecule has 0 unspecified atom stereocenters. The van der Waals surface area contributed by atoms with Crippen molar-refractivity contribution < 1.29 is 14.3 Å². The molecule has 1 amide bonds. The van der Waals surface area contributed by atoms with Crippen LogP contribution in [0.2, 0.25) is 0 Å². The number of anilines is 1. The van der Waals surface area contributed by atoms with Crippen molar-refractivity contribution in [3.05, 3.63) is 40.5 Å². The van der Waals surface area contributed by atoms with E-state index in [4.69, 9.17) is 9.47 Å². The molecule has 1 aliphatic carbocycles. The predicted molar refractivity (Wildman–Crippen MR) is 101 cm³/mol. The van der Waals surface area contributed by atoms with Crippen molar-refractivity contribution in [2.75, 3.05) is 19.5 Å². The summed E-state index contributed by atoms with van der Waals surface area (Å²) >= 11 is 1.58. The molecule has 4 rings (SSSR count). The van der Waals surface area contributed by atoms with Gasteiger partial charge in [0.25, 0.3) is 5.91 Å². The number of thiophene rings is 1. The molecule has 0 saturated carbocycles. The Balaban J connectivity index is 1.73. The molecule has 0 fully saturated rings. The molecule has 1 aliphatic rings. The van der Waals surface area contributed by atoms with Crippen LogP contribution in [0.1, 0.15) is 33.6 Å². The lowest BCUT2D eigenvalue weighted by atomic mass is 9.95. The summed E-state index contributed by atoms with van der Waals surface area (Å²) in [7, 11) is 3.15. The summed E-state index contributed by atoms with van der Waals surface area (Å²) in [5, 5.41) is 15.1. The standard InChI is InChI=1S/C18H19N5O3S/c1-25-11-7-8-13(14(9-11)26-2)20-17(24)16-12-5-3-4-6-15(12)27-18(16)23-10-19-21-22-23/h7-10H,3-6H2,1-2H3,(H,20,24). The highest BCUT2D eigenvalue weighted by Crippen LogP contribution is 2.37. The number of carbonyl (C=O) groups is 1. The van der Waals surface area contributed by atoms with E-state index in [1.165, 1.54) is 11.2 Å². The Labute approximate surface area is 160 Å². The van der Waals surface area contributed by atoms with Gasteiger partial charge in [0.1, 0.15) is 22.8 Å². The Morgan fingerprint density at radius 1 is 1.22 bits per heavy atom. The molecular weight excluding hydrogens is 366 g/mol. The molecule has 27 heavy (non-hydrogen) atoms. The monoisotopic (exact) mass is 385 g/mol. The van der Waals surface area contributed by atoms with Crippen LogP contribution in [0, 0.1) is 0 Å². The number of nitrogens with one attached hydrogen (secondary N) is 1. The van der Waals surface area contributed by atoms with Gasteiger partial charge in [-0.3, -0.25) is 4.79 Å². The molecule has 2 heterocycles. The van der Waals surface area contributed by atoms with Gasteiger partial charge in [-0.05, 0) is 53.8 Å². The average Bonchev–Trinajstić information content (AvgIpc) is 3.35. The highest BCUT2D eigenvalue weighted by atomic mass is 32.1. The van der Waals surface area contributed by atoms with Crippen molar-refractivity contribution in [2.45, 2.75) is 25.7 Å². The number of tetrazole rings is 1. The second-order valence-electron chi connectivity index (χ2n) is 6.17. The number of hydrogen-bond donors (Lipinski definition) is 1. The molecule has 0 spiro atoms. The van der Waals surface area contributed by atoms with Crippen LogP contribution in [0.15, 0.2) is 24.5 Å². The normalized spacial score (nSPS) is 13.1. The number of fused-ring (bicyclic) bond motifs is 1. The Morgan fingerprint density at radius 2 is 2.07 bits per heavy atom. The summed E-state index contributed by atoms with van der Waals surface area (Å²) in [5.41, 5.74) is 2.32. The largest absolute Gasteiger partial charge is 0.497 e. The van der Waals surface area contributed by atoms with Crippen LogP contribution in [0.25, 0.3) is 5.00 Å². The quantitative estimate of drug-likeness (QED) is 0.726. The second-order valence-corrected chi connectivity index (χ2v) is 7.25. The third-order valence-corrected chi connectivity index (χ3v) is 5.88. The summed E-state index contributed by atoms with van der Waals surface area (Å²) in [4.78, 5) is 14.4. The fourth-order valence-corrected chi connectivity index (χ4v) is 4.59. The second kappa shape index (κ2) is 7.36. The fraction of sp³-hybridized carbons (Fsp3) is 0.333. The van der Waals surface area contributed by atoms with Crippen LogP contribution < -0.4 is 14.8 Å². The highest BCUT2D eigenvalue weighted by Gasteiger charge is 2.27. The molecule has 1 aromatic carbocycles. The minimum absolute atomic E-state index is 0.191. The topological polar surface area (TPSA) is 91.2 Å². The van der Waals surface area contributed by atoms with Crippen molar-refractivity contribution in [2.24, 2.45) is 0 Å². The average molecular weight is 385 g/mol. The van der Waals surface area contributed by atoms with Gasteiger partial charge in [0.2, 0.25) is 0 Å². The molecule has 0 aliphatic heterocycles. The van der Waals surface area contributed by atoms with E-state index in [-0.39, 0.29) is 5.91 Å². The van der Waals surface area contributed by atoms with Gasteiger partial charge in [-0.1, -0.05) is 0 Å². The number of hydrogen-bond acceptors (Lipinski definition) is 7. The summed E-state index contributed by atoms with van der Waals surface area (Å²) < 4.78 is 12.2. The Morgan fingerprint density at radius 3 is 2.81 bits per heavy atom. The van der Waals surface area contributed by atoms with E-state index in [1.54, 1.807) is 48.4 Å². The lowest BCUT2D eigenvalue weighted by Gasteiger charge is -2.14. The maximum absolute atomic E-state index is 13.2. The smallest absolute Gasteiger partial charge is 0.259 e. The molecule has 0 radical (unpaired) electrons. The molecule has 0 saturated heterocycles. The van der Waals surface area contributed by atoms with E-state index in [0.29, 0.717) is 22.7 Å². The number of rotatable bonds is 5. The molecular formula is C18H19N5O3S. The van der Waals surface area contributed by atoms with Crippen molar-refractivity contribution in [1.29, 1.82) is 0 Å². The van der Waals surface area contributed by atoms with Gasteiger partial charge in [0, 0.05) is 10.9 Å². The molecule has 1 N–H and O–H groups in total. The van der Waals surface area contributed by atoms with E-state index in [9.17, 15) is 4.79 Å². The first kappa shape index (κ1) is 17.5. The van der Waals surface area contributed by atoms with Crippen LogP contribution in [0.3, 0.4) is 0 Å². The Hall–Kier alpha value is -2.94. The van der Waals surface area contributed by atoms with E-state index < -0.39 is 0 Å². The van der Waals surface area contributed by atoms with Gasteiger partial charge in [0.15, 0.2) is 0 Å². The van der Waals surface area contributed by atoms with Gasteiger partial charge in [-0.2, -0.15) is 4.68 Å². The number of ether oxygens (including phenoxy) is 2. The van der Waals surface area contributed by atoms with E-state index >= 15 is 0 Å². The van der Waals surface area contributed by atoms with Crippen molar-refractivity contribution >= 4 is 22.9 Å². The van der Waals surface area contributed by atoms with Crippen LogP contribution in [-0.2, 0) is 12.8 Å².